The van der Waals surface area contributed by atoms with E-state index in [1.54, 1.807) is 12.1 Å². The fourth-order valence-corrected chi connectivity index (χ4v) is 1.94. The molecule has 0 saturated carbocycles. The molecule has 0 saturated heterocycles. The number of nitrogens with one attached hydrogen (secondary N) is 1. The summed E-state index contributed by atoms with van der Waals surface area (Å²) in [6.45, 7) is 0. The first-order valence-corrected chi connectivity index (χ1v) is 5.11. The van der Waals surface area contributed by atoms with Gasteiger partial charge in [0.05, 0.1) is 0 Å². The van der Waals surface area contributed by atoms with Crippen molar-refractivity contribution < 1.29 is 42.9 Å². The second-order valence-corrected chi connectivity index (χ2v) is 3.89. The van der Waals surface area contributed by atoms with Gasteiger partial charge in [0.2, 0.25) is 0 Å². The van der Waals surface area contributed by atoms with Crippen LogP contribution in [0.2, 0.25) is 0 Å². The fourth-order valence-electron chi connectivity index (χ4n) is 1.94. The van der Waals surface area contributed by atoms with Crippen LogP contribution in [0.5, 0.6) is 11.5 Å². The van der Waals surface area contributed by atoms with E-state index >= 15 is 0 Å². The van der Waals surface area contributed by atoms with Crippen LogP contribution in [0.4, 0.5) is 0 Å². The minimum absolute atomic E-state index is 0. The predicted molar refractivity (Wildman–Crippen MR) is 59.7 cm³/mol. The molecule has 1 unspecified atom stereocenters. The summed E-state index contributed by atoms with van der Waals surface area (Å²) >= 11 is 0. The molecule has 3 N–H and O–H groups in total. The Morgan fingerprint density at radius 3 is 2.62 bits per heavy atom. The molecule has 0 fully saturated rings. The van der Waals surface area contributed by atoms with Crippen LogP contribution in [-0.2, 0) is 32.7 Å². The number of phenols is 2. The van der Waals surface area contributed by atoms with Gasteiger partial charge >= 0.3 is 32.7 Å². The Kier molecular flexibility index (Phi) is 4.97. The molecular weight excluding hydrogens is 279 g/mol. The van der Waals surface area contributed by atoms with Gasteiger partial charge in [0.15, 0.2) is 0 Å². The average molecular weight is 293 g/mol. The Labute approximate surface area is 120 Å². The minimum atomic E-state index is -0.165. The molecular formula is C12H14NO2Y+2. The van der Waals surface area contributed by atoms with E-state index in [4.69, 9.17) is 5.73 Å². The van der Waals surface area contributed by atoms with Crippen molar-refractivity contribution in [2.45, 2.75) is 25.3 Å². The molecule has 0 bridgehead atoms. The number of benzene rings is 1. The van der Waals surface area contributed by atoms with Crippen LogP contribution in [0.15, 0.2) is 24.3 Å². The molecule has 80 valence electrons. The van der Waals surface area contributed by atoms with Gasteiger partial charge in [-0.3, -0.25) is 0 Å². The van der Waals surface area contributed by atoms with Crippen molar-refractivity contribution in [1.29, 1.82) is 0 Å². The summed E-state index contributed by atoms with van der Waals surface area (Å²) in [6, 6.07) is 4.43. The van der Waals surface area contributed by atoms with Gasteiger partial charge in [0.25, 0.3) is 0 Å². The molecule has 1 aromatic carbocycles. The van der Waals surface area contributed by atoms with E-state index in [1.807, 2.05) is 6.08 Å². The number of phenolic OH excluding ortho intramolecular Hbond substituents is 2. The van der Waals surface area contributed by atoms with Crippen molar-refractivity contribution in [2.75, 3.05) is 0 Å². The third-order valence-electron chi connectivity index (χ3n) is 2.69. The Morgan fingerprint density at radius 1 is 1.25 bits per heavy atom. The molecule has 0 radical (unpaired) electrons. The Bertz CT molecular complexity index is 404. The largest absolute Gasteiger partial charge is 3.00 e. The molecule has 0 amide bonds. The number of rotatable bonds is 1. The third-order valence-corrected chi connectivity index (χ3v) is 2.69. The average Bonchev–Trinajstić information content (AvgIpc) is 2.17. The molecule has 4 heteroatoms. The monoisotopic (exact) mass is 293 g/mol. The molecule has 3 nitrogen and oxygen atoms in total. The van der Waals surface area contributed by atoms with Crippen LogP contribution < -0.4 is 0 Å². The normalized spacial score (nSPS) is 19.8. The molecule has 0 aliphatic heterocycles. The van der Waals surface area contributed by atoms with E-state index in [2.05, 4.69) is 0 Å². The number of allylic oxidation sites excluding steroid dienone is 1. The second-order valence-electron chi connectivity index (χ2n) is 3.89. The van der Waals surface area contributed by atoms with Crippen LogP contribution in [0, 0.1) is 0 Å². The van der Waals surface area contributed by atoms with Gasteiger partial charge in [0, 0.05) is 11.6 Å². The second kappa shape index (κ2) is 5.80. The summed E-state index contributed by atoms with van der Waals surface area (Å²) in [5.74, 6) is 0.158. The van der Waals surface area contributed by atoms with Crippen LogP contribution >= 0.6 is 0 Å². The quantitative estimate of drug-likeness (QED) is 0.835. The molecule has 0 spiro atoms. The third kappa shape index (κ3) is 3.06. The standard InChI is InChI=1S/C12H14NO2.Y/c13-9-3-1-2-8(6-9)11-5-4-10(14)7-12(11)15;/h4-7,9,13-15H,1-3H2;/q-1;+3. The molecule has 2 rings (SSSR count). The maximum atomic E-state index is 9.67. The van der Waals surface area contributed by atoms with Gasteiger partial charge in [-0.1, -0.05) is 18.9 Å². The number of hydrogen-bond acceptors (Lipinski definition) is 2. The van der Waals surface area contributed by atoms with E-state index in [0.29, 0.717) is 0 Å². The zero-order valence-corrected chi connectivity index (χ0v) is 11.8. The van der Waals surface area contributed by atoms with Crippen LogP contribution in [0.3, 0.4) is 0 Å². The molecule has 0 heterocycles. The number of hydrogen-bond donors (Lipinski definition) is 2. The van der Waals surface area contributed by atoms with Crippen molar-refractivity contribution >= 4 is 5.57 Å². The summed E-state index contributed by atoms with van der Waals surface area (Å²) in [4.78, 5) is 0. The first-order chi connectivity index (χ1) is 7.16. The summed E-state index contributed by atoms with van der Waals surface area (Å²) in [5, 5.41) is 18.8. The summed E-state index contributed by atoms with van der Waals surface area (Å²) in [5.41, 5.74) is 9.41. The maximum absolute atomic E-state index is 9.67. The van der Waals surface area contributed by atoms with Crippen molar-refractivity contribution in [3.05, 3.63) is 35.6 Å². The van der Waals surface area contributed by atoms with E-state index in [0.717, 1.165) is 30.4 Å². The minimum Gasteiger partial charge on any atom is -0.671 e. The molecule has 1 aromatic rings. The van der Waals surface area contributed by atoms with Gasteiger partial charge in [-0.05, 0) is 24.1 Å². The zero-order chi connectivity index (χ0) is 10.8. The van der Waals surface area contributed by atoms with Gasteiger partial charge in [-0.2, -0.15) is 0 Å². The molecule has 1 aliphatic rings. The van der Waals surface area contributed by atoms with Crippen molar-refractivity contribution in [3.8, 4) is 11.5 Å². The Hall–Kier alpha value is -0.376. The van der Waals surface area contributed by atoms with Crippen LogP contribution in [0.25, 0.3) is 11.3 Å². The van der Waals surface area contributed by atoms with E-state index in [-0.39, 0.29) is 50.3 Å². The summed E-state index contributed by atoms with van der Waals surface area (Å²) in [7, 11) is 0. The predicted octanol–water partition coefficient (Wildman–Crippen LogP) is 3.08. The van der Waals surface area contributed by atoms with Gasteiger partial charge in [-0.25, -0.2) is 0 Å². The van der Waals surface area contributed by atoms with Gasteiger partial charge < -0.3 is 15.9 Å². The molecule has 0 aromatic heterocycles. The first kappa shape index (κ1) is 13.7. The molecule has 1 aliphatic carbocycles. The van der Waals surface area contributed by atoms with E-state index in [1.165, 1.54) is 6.07 Å². The van der Waals surface area contributed by atoms with Crippen LogP contribution in [-0.4, -0.2) is 16.3 Å². The zero-order valence-electron chi connectivity index (χ0n) is 8.98. The topological polar surface area (TPSA) is 64.3 Å². The Balaban J connectivity index is 0.00000128. The molecule has 16 heavy (non-hydrogen) atoms. The smallest absolute Gasteiger partial charge is 0.671 e. The van der Waals surface area contributed by atoms with E-state index < -0.39 is 0 Å². The fraction of sp³-hybridized carbons (Fsp3) is 0.333. The van der Waals surface area contributed by atoms with Crippen molar-refractivity contribution in [3.63, 3.8) is 0 Å². The number of aromatic hydroxyl groups is 2. The van der Waals surface area contributed by atoms with Crippen LogP contribution in [0.1, 0.15) is 24.8 Å². The van der Waals surface area contributed by atoms with E-state index in [9.17, 15) is 10.2 Å². The first-order valence-electron chi connectivity index (χ1n) is 5.11. The maximum Gasteiger partial charge on any atom is 3.00 e. The van der Waals surface area contributed by atoms with Crippen molar-refractivity contribution in [1.82, 2.24) is 0 Å². The molecule has 1 atom stereocenters. The summed E-state index contributed by atoms with van der Waals surface area (Å²) < 4.78 is 0. The van der Waals surface area contributed by atoms with Gasteiger partial charge in [-0.15, -0.1) is 6.04 Å². The summed E-state index contributed by atoms with van der Waals surface area (Å²) in [6.07, 6.45) is 4.66. The Morgan fingerprint density at radius 2 is 2.00 bits per heavy atom. The SMILES string of the molecule is [NH-]C1C=C(c2ccc(O)cc2O)CCC1.[Y+3]. The van der Waals surface area contributed by atoms with Gasteiger partial charge in [0.1, 0.15) is 11.5 Å². The van der Waals surface area contributed by atoms with Crippen molar-refractivity contribution in [2.24, 2.45) is 0 Å².